The minimum atomic E-state index is -0.135. The van der Waals surface area contributed by atoms with E-state index in [1.54, 1.807) is 17.1 Å². The quantitative estimate of drug-likeness (QED) is 0.721. The van der Waals surface area contributed by atoms with Gasteiger partial charge in [0.05, 0.1) is 0 Å². The molecule has 0 radical (unpaired) electrons. The van der Waals surface area contributed by atoms with Crippen molar-refractivity contribution in [3.63, 3.8) is 0 Å². The second kappa shape index (κ2) is 9.69. The molecule has 2 fully saturated rings. The van der Waals surface area contributed by atoms with Crippen LogP contribution in [0.15, 0.2) is 36.9 Å². The molecule has 1 aliphatic heterocycles. The first-order valence-corrected chi connectivity index (χ1v) is 11.2. The molecule has 2 aliphatic rings. The van der Waals surface area contributed by atoms with E-state index in [1.165, 1.54) is 25.2 Å². The minimum absolute atomic E-state index is 0.0829. The molecule has 0 atom stereocenters. The number of aromatic nitrogens is 3. The first-order valence-electron chi connectivity index (χ1n) is 11.2. The van der Waals surface area contributed by atoms with Crippen molar-refractivity contribution in [2.24, 2.45) is 0 Å². The first-order chi connectivity index (χ1) is 14.6. The summed E-state index contributed by atoms with van der Waals surface area (Å²) in [4.78, 5) is 18.7. The van der Waals surface area contributed by atoms with Gasteiger partial charge in [-0.05, 0) is 49.8 Å². The Bertz CT molecular complexity index is 811. The van der Waals surface area contributed by atoms with Crippen LogP contribution in [0.2, 0.25) is 0 Å². The number of rotatable bonds is 8. The molecule has 1 N–H and O–H groups in total. The number of nitrogens with one attached hydrogen (secondary N) is 1. The fourth-order valence-electron chi connectivity index (χ4n) is 5.12. The van der Waals surface area contributed by atoms with Crippen LogP contribution in [-0.2, 0) is 16.8 Å². The number of piperidine rings is 1. The van der Waals surface area contributed by atoms with Gasteiger partial charge in [-0.25, -0.2) is 9.37 Å². The fourth-order valence-corrected chi connectivity index (χ4v) is 5.12. The number of nitrogens with zero attached hydrogens (tertiary/aromatic N) is 4. The van der Waals surface area contributed by atoms with Crippen LogP contribution in [0.25, 0.3) is 0 Å². The summed E-state index contributed by atoms with van der Waals surface area (Å²) >= 11 is 0. The molecule has 1 aromatic carbocycles. The molecule has 1 aliphatic carbocycles. The van der Waals surface area contributed by atoms with Gasteiger partial charge in [0.2, 0.25) is 5.91 Å². The van der Waals surface area contributed by atoms with Gasteiger partial charge in [0.15, 0.2) is 0 Å². The van der Waals surface area contributed by atoms with Crippen LogP contribution < -0.4 is 5.32 Å². The van der Waals surface area contributed by atoms with Crippen LogP contribution >= 0.6 is 0 Å². The summed E-state index contributed by atoms with van der Waals surface area (Å²) in [6, 6.07) is 7.47. The first kappa shape index (κ1) is 21.0. The van der Waals surface area contributed by atoms with Gasteiger partial charge in [0, 0.05) is 44.1 Å². The van der Waals surface area contributed by atoms with Gasteiger partial charge in [0.1, 0.15) is 18.5 Å². The lowest BCUT2D eigenvalue weighted by Gasteiger charge is -2.39. The molecule has 0 spiro atoms. The Morgan fingerprint density at radius 1 is 1.23 bits per heavy atom. The topological polar surface area (TPSA) is 63.1 Å². The Morgan fingerprint density at radius 3 is 2.73 bits per heavy atom. The summed E-state index contributed by atoms with van der Waals surface area (Å²) in [5, 5.41) is 7.26. The van der Waals surface area contributed by atoms with Crippen molar-refractivity contribution in [2.45, 2.75) is 69.4 Å². The molecule has 162 valence electrons. The van der Waals surface area contributed by atoms with Gasteiger partial charge >= 0.3 is 0 Å². The summed E-state index contributed by atoms with van der Waals surface area (Å²) < 4.78 is 15.6. The van der Waals surface area contributed by atoms with Crippen LogP contribution in [0.5, 0.6) is 0 Å². The molecule has 4 rings (SSSR count). The van der Waals surface area contributed by atoms with Crippen molar-refractivity contribution in [3.8, 4) is 0 Å². The minimum Gasteiger partial charge on any atom is -0.353 e. The van der Waals surface area contributed by atoms with Gasteiger partial charge in [-0.1, -0.05) is 25.0 Å². The summed E-state index contributed by atoms with van der Waals surface area (Å²) in [5.41, 5.74) is 1.24. The van der Waals surface area contributed by atoms with Crippen LogP contribution in [0.3, 0.4) is 0 Å². The van der Waals surface area contributed by atoms with Crippen LogP contribution in [0.1, 0.15) is 56.9 Å². The van der Waals surface area contributed by atoms with E-state index >= 15 is 0 Å². The zero-order chi connectivity index (χ0) is 20.8. The van der Waals surface area contributed by atoms with E-state index in [2.05, 4.69) is 26.4 Å². The molecule has 6 nitrogen and oxygen atoms in total. The number of carbonyl (C=O) groups excluding carboxylic acids is 1. The standard InChI is InChI=1S/C23H32FN5O/c24-20-6-3-5-19(15-20)23(10-1-2-11-23)16-28-13-8-21(9-14-28)27-22(30)7-4-12-29-18-25-17-26-29/h3,5-6,15,17-18,21H,1-2,4,7-14,16H2,(H,27,30). The van der Waals surface area contributed by atoms with Crippen molar-refractivity contribution in [2.75, 3.05) is 19.6 Å². The van der Waals surface area contributed by atoms with Crippen LogP contribution in [0.4, 0.5) is 4.39 Å². The summed E-state index contributed by atoms with van der Waals surface area (Å²) in [7, 11) is 0. The van der Waals surface area contributed by atoms with Crippen molar-refractivity contribution in [1.82, 2.24) is 25.0 Å². The zero-order valence-corrected chi connectivity index (χ0v) is 17.6. The van der Waals surface area contributed by atoms with Gasteiger partial charge in [0.25, 0.3) is 0 Å². The Labute approximate surface area is 177 Å². The van der Waals surface area contributed by atoms with Gasteiger partial charge < -0.3 is 10.2 Å². The second-order valence-corrected chi connectivity index (χ2v) is 8.88. The van der Waals surface area contributed by atoms with Crippen molar-refractivity contribution >= 4 is 5.91 Å². The van der Waals surface area contributed by atoms with E-state index in [1.807, 2.05) is 6.07 Å². The highest BCUT2D eigenvalue weighted by Crippen LogP contribution is 2.42. The maximum absolute atomic E-state index is 13.8. The highest BCUT2D eigenvalue weighted by molar-refractivity contribution is 5.76. The maximum atomic E-state index is 13.8. The lowest BCUT2D eigenvalue weighted by Crippen LogP contribution is -2.48. The number of amides is 1. The third kappa shape index (κ3) is 5.25. The highest BCUT2D eigenvalue weighted by Gasteiger charge is 2.38. The molecule has 1 amide bonds. The Morgan fingerprint density at radius 2 is 2.03 bits per heavy atom. The van der Waals surface area contributed by atoms with Crippen molar-refractivity contribution in [1.29, 1.82) is 0 Å². The molecule has 7 heteroatoms. The van der Waals surface area contributed by atoms with Gasteiger partial charge in [-0.3, -0.25) is 9.48 Å². The summed E-state index contributed by atoms with van der Waals surface area (Å²) in [6.45, 7) is 3.69. The molecule has 0 bridgehead atoms. The van der Waals surface area contributed by atoms with Gasteiger partial charge in [-0.15, -0.1) is 0 Å². The lowest BCUT2D eigenvalue weighted by atomic mass is 9.78. The monoisotopic (exact) mass is 413 g/mol. The molecular weight excluding hydrogens is 381 g/mol. The smallest absolute Gasteiger partial charge is 0.220 e. The third-order valence-electron chi connectivity index (χ3n) is 6.73. The Balaban J connectivity index is 1.23. The second-order valence-electron chi connectivity index (χ2n) is 8.88. The Kier molecular flexibility index (Phi) is 6.77. The maximum Gasteiger partial charge on any atom is 0.220 e. The molecule has 2 heterocycles. The van der Waals surface area contributed by atoms with Crippen molar-refractivity contribution in [3.05, 3.63) is 48.3 Å². The number of aryl methyl sites for hydroxylation is 1. The lowest BCUT2D eigenvalue weighted by molar-refractivity contribution is -0.122. The van der Waals surface area contributed by atoms with E-state index in [0.29, 0.717) is 13.0 Å². The average Bonchev–Trinajstić information content (AvgIpc) is 3.42. The predicted molar refractivity (Wildman–Crippen MR) is 113 cm³/mol. The normalized spacial score (nSPS) is 19.8. The summed E-state index contributed by atoms with van der Waals surface area (Å²) in [5.74, 6) is -0.00963. The number of benzene rings is 1. The number of likely N-dealkylation sites (tertiary alicyclic amines) is 1. The number of hydrogen-bond donors (Lipinski definition) is 1. The molecule has 2 aromatic rings. The average molecular weight is 414 g/mol. The highest BCUT2D eigenvalue weighted by atomic mass is 19.1. The molecule has 1 aromatic heterocycles. The fraction of sp³-hybridized carbons (Fsp3) is 0.609. The molecule has 0 unspecified atom stereocenters. The number of hydrogen-bond acceptors (Lipinski definition) is 4. The Hall–Kier alpha value is -2.28. The third-order valence-corrected chi connectivity index (χ3v) is 6.73. The predicted octanol–water partition coefficient (Wildman–Crippen LogP) is 3.29. The van der Waals surface area contributed by atoms with E-state index in [4.69, 9.17) is 0 Å². The van der Waals surface area contributed by atoms with Crippen LogP contribution in [-0.4, -0.2) is 51.2 Å². The number of carbonyl (C=O) groups is 1. The van der Waals surface area contributed by atoms with E-state index in [-0.39, 0.29) is 23.2 Å². The molecule has 30 heavy (non-hydrogen) atoms. The van der Waals surface area contributed by atoms with E-state index in [0.717, 1.165) is 57.3 Å². The van der Waals surface area contributed by atoms with Crippen LogP contribution in [0, 0.1) is 5.82 Å². The molecule has 1 saturated heterocycles. The summed E-state index contributed by atoms with van der Waals surface area (Å²) in [6.07, 6.45) is 11.1. The van der Waals surface area contributed by atoms with E-state index in [9.17, 15) is 9.18 Å². The number of halogens is 1. The van der Waals surface area contributed by atoms with Gasteiger partial charge in [-0.2, -0.15) is 5.10 Å². The van der Waals surface area contributed by atoms with E-state index < -0.39 is 0 Å². The molecule has 1 saturated carbocycles. The largest absolute Gasteiger partial charge is 0.353 e. The molecular formula is C23H32FN5O. The van der Waals surface area contributed by atoms with Crippen molar-refractivity contribution < 1.29 is 9.18 Å². The SMILES string of the molecule is O=C(CCCn1cncn1)NC1CCN(CC2(c3cccc(F)c3)CCCC2)CC1. The zero-order valence-electron chi connectivity index (χ0n) is 17.6.